The second-order valence-electron chi connectivity index (χ2n) is 3.00. The van der Waals surface area contributed by atoms with E-state index < -0.39 is 12.1 Å². The zero-order valence-corrected chi connectivity index (χ0v) is 7.31. The van der Waals surface area contributed by atoms with E-state index in [-0.39, 0.29) is 12.7 Å². The molecule has 1 rings (SSSR count). The lowest BCUT2D eigenvalue weighted by Gasteiger charge is -2.22. The van der Waals surface area contributed by atoms with Crippen LogP contribution in [-0.4, -0.2) is 48.2 Å². The van der Waals surface area contributed by atoms with E-state index in [0.717, 1.165) is 12.8 Å². The van der Waals surface area contributed by atoms with Gasteiger partial charge in [-0.25, -0.2) is 4.79 Å². The summed E-state index contributed by atoms with van der Waals surface area (Å²) in [5.74, 6) is -1.24. The van der Waals surface area contributed by atoms with Gasteiger partial charge in [-0.2, -0.15) is 0 Å². The van der Waals surface area contributed by atoms with Gasteiger partial charge in [0.05, 0.1) is 12.7 Å². The fourth-order valence-corrected chi connectivity index (χ4v) is 1.14. The van der Waals surface area contributed by atoms with Gasteiger partial charge in [-0.15, -0.1) is 0 Å². The zero-order chi connectivity index (χ0) is 9.68. The predicted molar refractivity (Wildman–Crippen MR) is 43.4 cm³/mol. The first kappa shape index (κ1) is 10.4. The van der Waals surface area contributed by atoms with E-state index in [2.05, 4.69) is 0 Å². The highest BCUT2D eigenvalue weighted by Gasteiger charge is 2.18. The maximum absolute atomic E-state index is 10.2. The summed E-state index contributed by atoms with van der Waals surface area (Å²) in [4.78, 5) is 10.2. The van der Waals surface area contributed by atoms with Crippen LogP contribution in [0.1, 0.15) is 12.8 Å². The number of ether oxygens (including phenoxy) is 2. The summed E-state index contributed by atoms with van der Waals surface area (Å²) in [6.07, 6.45) is 0.157. The third kappa shape index (κ3) is 3.71. The van der Waals surface area contributed by atoms with Crippen LogP contribution < -0.4 is 0 Å². The summed E-state index contributed by atoms with van der Waals surface area (Å²) in [6, 6.07) is 0. The summed E-state index contributed by atoms with van der Waals surface area (Å²) in [7, 11) is 0. The number of aliphatic hydroxyl groups excluding tert-OH is 1. The highest BCUT2D eigenvalue weighted by atomic mass is 16.5. The van der Waals surface area contributed by atoms with Crippen molar-refractivity contribution in [2.24, 2.45) is 0 Å². The Labute approximate surface area is 76.3 Å². The van der Waals surface area contributed by atoms with Crippen molar-refractivity contribution in [1.29, 1.82) is 0 Å². The Morgan fingerprint density at radius 2 is 2.15 bits per heavy atom. The molecule has 76 valence electrons. The highest BCUT2D eigenvalue weighted by molar-refractivity contribution is 5.71. The van der Waals surface area contributed by atoms with Gasteiger partial charge < -0.3 is 19.7 Å². The number of aliphatic hydroxyl groups is 1. The van der Waals surface area contributed by atoms with E-state index in [1.54, 1.807) is 0 Å². The van der Waals surface area contributed by atoms with Crippen LogP contribution in [0.5, 0.6) is 0 Å². The first-order valence-corrected chi connectivity index (χ1v) is 4.30. The first-order valence-electron chi connectivity index (χ1n) is 4.30. The third-order valence-corrected chi connectivity index (χ3v) is 1.94. The molecule has 1 fully saturated rings. The Bertz CT molecular complexity index is 164. The zero-order valence-electron chi connectivity index (χ0n) is 7.31. The molecule has 0 aromatic rings. The lowest BCUT2D eigenvalue weighted by atomic mass is 10.1. The van der Waals surface area contributed by atoms with Gasteiger partial charge in [-0.1, -0.05) is 0 Å². The molecule has 0 radical (unpaired) electrons. The van der Waals surface area contributed by atoms with Gasteiger partial charge in [0.15, 0.2) is 6.10 Å². The van der Waals surface area contributed by atoms with Gasteiger partial charge in [-0.3, -0.25) is 0 Å². The van der Waals surface area contributed by atoms with Gasteiger partial charge in [-0.05, 0) is 12.8 Å². The normalized spacial score (nSPS) is 21.3. The van der Waals surface area contributed by atoms with Crippen molar-refractivity contribution in [1.82, 2.24) is 0 Å². The number of carboxylic acids is 1. The fourth-order valence-electron chi connectivity index (χ4n) is 1.14. The van der Waals surface area contributed by atoms with E-state index >= 15 is 0 Å². The molecular weight excluding hydrogens is 176 g/mol. The van der Waals surface area contributed by atoms with Crippen LogP contribution in [-0.2, 0) is 14.3 Å². The third-order valence-electron chi connectivity index (χ3n) is 1.94. The molecule has 1 unspecified atom stereocenters. The average Bonchev–Trinajstić information content (AvgIpc) is 2.15. The van der Waals surface area contributed by atoms with Crippen molar-refractivity contribution in [3.8, 4) is 0 Å². The molecule has 5 heteroatoms. The van der Waals surface area contributed by atoms with Crippen LogP contribution in [0.4, 0.5) is 0 Å². The second kappa shape index (κ2) is 5.16. The van der Waals surface area contributed by atoms with Gasteiger partial charge in [0, 0.05) is 13.2 Å². The molecule has 0 aromatic heterocycles. The molecule has 1 heterocycles. The Morgan fingerprint density at radius 1 is 1.54 bits per heavy atom. The minimum Gasteiger partial charge on any atom is -0.479 e. The monoisotopic (exact) mass is 190 g/mol. The van der Waals surface area contributed by atoms with E-state index in [1.807, 2.05) is 0 Å². The number of hydrogen-bond donors (Lipinski definition) is 2. The summed E-state index contributed by atoms with van der Waals surface area (Å²) in [6.45, 7) is 1.15. The largest absolute Gasteiger partial charge is 0.479 e. The van der Waals surface area contributed by atoms with Gasteiger partial charge in [0.2, 0.25) is 0 Å². The van der Waals surface area contributed by atoms with E-state index in [0.29, 0.717) is 13.2 Å². The molecule has 0 amide bonds. The summed E-state index contributed by atoms with van der Waals surface area (Å²) < 4.78 is 10.3. The maximum Gasteiger partial charge on any atom is 0.334 e. The van der Waals surface area contributed by atoms with Crippen molar-refractivity contribution >= 4 is 5.97 Å². The first-order chi connectivity index (χ1) is 6.20. The van der Waals surface area contributed by atoms with Gasteiger partial charge in [0.1, 0.15) is 0 Å². The molecule has 1 aliphatic heterocycles. The minimum atomic E-state index is -1.41. The number of hydrogen-bond acceptors (Lipinski definition) is 4. The lowest BCUT2D eigenvalue weighted by Crippen LogP contribution is -2.31. The van der Waals surface area contributed by atoms with Crippen molar-refractivity contribution < 1.29 is 24.5 Å². The summed E-state index contributed by atoms with van der Waals surface area (Å²) in [5.41, 5.74) is 0. The molecule has 1 aliphatic rings. The second-order valence-corrected chi connectivity index (χ2v) is 3.00. The minimum absolute atomic E-state index is 0.0303. The summed E-state index contributed by atoms with van der Waals surface area (Å²) in [5, 5.41) is 17.3. The predicted octanol–water partition coefficient (Wildman–Crippen LogP) is -0.373. The molecule has 0 bridgehead atoms. The van der Waals surface area contributed by atoms with Crippen molar-refractivity contribution in [2.45, 2.75) is 25.0 Å². The highest BCUT2D eigenvalue weighted by Crippen LogP contribution is 2.10. The smallest absolute Gasteiger partial charge is 0.334 e. The molecule has 2 N–H and O–H groups in total. The van der Waals surface area contributed by atoms with Crippen LogP contribution in [0.25, 0.3) is 0 Å². The van der Waals surface area contributed by atoms with E-state index in [9.17, 15) is 4.79 Å². The quantitative estimate of drug-likeness (QED) is 0.632. The molecule has 1 atom stereocenters. The molecule has 13 heavy (non-hydrogen) atoms. The Kier molecular flexibility index (Phi) is 4.14. The topological polar surface area (TPSA) is 76.0 Å². The molecule has 0 saturated carbocycles. The number of carboxylic acid groups (broad SMARTS) is 1. The number of aliphatic carboxylic acids is 1. The van der Waals surface area contributed by atoms with Gasteiger partial charge in [0.25, 0.3) is 0 Å². The van der Waals surface area contributed by atoms with Crippen molar-refractivity contribution in [3.05, 3.63) is 0 Å². The van der Waals surface area contributed by atoms with Crippen molar-refractivity contribution in [3.63, 3.8) is 0 Å². The van der Waals surface area contributed by atoms with E-state index in [1.165, 1.54) is 0 Å². The Hall–Kier alpha value is -0.650. The Balaban J connectivity index is 2.13. The maximum atomic E-state index is 10.2. The molecule has 5 nitrogen and oxygen atoms in total. The Morgan fingerprint density at radius 3 is 2.69 bits per heavy atom. The molecule has 1 saturated heterocycles. The number of carbonyl (C=O) groups is 1. The molecular formula is C8H14O5. The van der Waals surface area contributed by atoms with Crippen LogP contribution >= 0.6 is 0 Å². The molecule has 0 spiro atoms. The van der Waals surface area contributed by atoms with Crippen LogP contribution in [0.2, 0.25) is 0 Å². The van der Waals surface area contributed by atoms with E-state index in [4.69, 9.17) is 19.7 Å². The molecule has 0 aromatic carbocycles. The average molecular weight is 190 g/mol. The SMILES string of the molecule is O=C(O)C(O)COC1CCOCC1. The van der Waals surface area contributed by atoms with Crippen LogP contribution in [0.15, 0.2) is 0 Å². The lowest BCUT2D eigenvalue weighted by molar-refractivity contribution is -0.152. The standard InChI is InChI=1S/C8H14O5/c9-7(8(10)11)5-13-6-1-3-12-4-2-6/h6-7,9H,1-5H2,(H,10,11). The molecule has 0 aliphatic carbocycles. The number of rotatable bonds is 4. The van der Waals surface area contributed by atoms with Crippen molar-refractivity contribution in [2.75, 3.05) is 19.8 Å². The van der Waals surface area contributed by atoms with Gasteiger partial charge >= 0.3 is 5.97 Å². The fraction of sp³-hybridized carbons (Fsp3) is 0.875. The van der Waals surface area contributed by atoms with Crippen LogP contribution in [0.3, 0.4) is 0 Å². The summed E-state index contributed by atoms with van der Waals surface area (Å²) >= 11 is 0. The van der Waals surface area contributed by atoms with Crippen LogP contribution in [0, 0.1) is 0 Å².